The second-order valence-electron chi connectivity index (χ2n) is 3.93. The van der Waals surface area contributed by atoms with E-state index in [1.54, 1.807) is 0 Å². The van der Waals surface area contributed by atoms with E-state index in [-0.39, 0.29) is 11.6 Å². The molecule has 0 spiro atoms. The summed E-state index contributed by atoms with van der Waals surface area (Å²) >= 11 is 1.17. The lowest BCUT2D eigenvalue weighted by atomic mass is 10.0. The van der Waals surface area contributed by atoms with Gasteiger partial charge in [-0.3, -0.25) is 4.79 Å². The molecule has 5 nitrogen and oxygen atoms in total. The van der Waals surface area contributed by atoms with Crippen LogP contribution < -0.4 is 5.32 Å². The van der Waals surface area contributed by atoms with Crippen LogP contribution in [0, 0.1) is 18.3 Å². The first kappa shape index (κ1) is 12.7. The average Bonchev–Trinajstić information content (AvgIpc) is 2.88. The SMILES string of the molecule is C#Cc1nc(C(=O)OC(=O)C2CCCNC2)cs1. The number of aromatic nitrogens is 1. The summed E-state index contributed by atoms with van der Waals surface area (Å²) in [7, 11) is 0. The molecule has 1 fully saturated rings. The van der Waals surface area contributed by atoms with Crippen molar-refractivity contribution < 1.29 is 14.3 Å². The Morgan fingerprint density at radius 2 is 2.44 bits per heavy atom. The maximum Gasteiger partial charge on any atom is 0.365 e. The monoisotopic (exact) mass is 264 g/mol. The number of carbonyl (C=O) groups excluding carboxylic acids is 2. The summed E-state index contributed by atoms with van der Waals surface area (Å²) in [6, 6.07) is 0. The molecular formula is C12H12N2O3S. The zero-order chi connectivity index (χ0) is 13.0. The van der Waals surface area contributed by atoms with Gasteiger partial charge in [-0.15, -0.1) is 17.8 Å². The van der Waals surface area contributed by atoms with Crippen molar-refractivity contribution in [3.05, 3.63) is 16.1 Å². The Labute approximate surface area is 109 Å². The third kappa shape index (κ3) is 2.94. The fourth-order valence-corrected chi connectivity index (χ4v) is 2.31. The topological polar surface area (TPSA) is 68.3 Å². The summed E-state index contributed by atoms with van der Waals surface area (Å²) in [6.07, 6.45) is 6.80. The number of terminal acetylenes is 1. The Morgan fingerprint density at radius 1 is 1.61 bits per heavy atom. The molecule has 1 aromatic rings. The van der Waals surface area contributed by atoms with Crippen molar-refractivity contribution in [2.24, 2.45) is 5.92 Å². The van der Waals surface area contributed by atoms with Crippen LogP contribution in [-0.4, -0.2) is 30.0 Å². The Morgan fingerprint density at radius 3 is 3.06 bits per heavy atom. The highest BCUT2D eigenvalue weighted by molar-refractivity contribution is 7.10. The number of thiazole rings is 1. The third-order valence-electron chi connectivity index (χ3n) is 2.66. The van der Waals surface area contributed by atoms with Gasteiger partial charge in [-0.05, 0) is 25.3 Å². The first-order valence-corrected chi connectivity index (χ1v) is 6.47. The van der Waals surface area contributed by atoms with E-state index >= 15 is 0 Å². The molecule has 0 aromatic carbocycles. The lowest BCUT2D eigenvalue weighted by molar-refractivity contribution is -0.143. The molecule has 1 atom stereocenters. The number of piperidine rings is 1. The summed E-state index contributed by atoms with van der Waals surface area (Å²) in [6.45, 7) is 1.45. The lowest BCUT2D eigenvalue weighted by Crippen LogP contribution is -2.36. The number of ether oxygens (including phenoxy) is 1. The number of nitrogens with zero attached hydrogens (tertiary/aromatic N) is 1. The number of carbonyl (C=O) groups is 2. The van der Waals surface area contributed by atoms with E-state index in [1.165, 1.54) is 16.7 Å². The van der Waals surface area contributed by atoms with E-state index in [0.29, 0.717) is 11.6 Å². The lowest BCUT2D eigenvalue weighted by Gasteiger charge is -2.20. The first-order valence-electron chi connectivity index (χ1n) is 5.59. The molecule has 18 heavy (non-hydrogen) atoms. The summed E-state index contributed by atoms with van der Waals surface area (Å²) in [5.74, 6) is 0.837. The van der Waals surface area contributed by atoms with E-state index in [9.17, 15) is 9.59 Å². The van der Waals surface area contributed by atoms with E-state index in [2.05, 4.69) is 16.2 Å². The van der Waals surface area contributed by atoms with Crippen LogP contribution in [-0.2, 0) is 9.53 Å². The van der Waals surface area contributed by atoms with Gasteiger partial charge < -0.3 is 10.1 Å². The Bertz CT molecular complexity index is 498. The maximum absolute atomic E-state index is 11.7. The molecule has 1 saturated heterocycles. The quantitative estimate of drug-likeness (QED) is 0.486. The second-order valence-corrected chi connectivity index (χ2v) is 4.79. The Hall–Kier alpha value is -1.71. The molecule has 1 unspecified atom stereocenters. The van der Waals surface area contributed by atoms with Crippen LogP contribution >= 0.6 is 11.3 Å². The van der Waals surface area contributed by atoms with Gasteiger partial charge in [-0.25, -0.2) is 9.78 Å². The Balaban J connectivity index is 1.94. The van der Waals surface area contributed by atoms with Crippen molar-refractivity contribution in [3.63, 3.8) is 0 Å². The van der Waals surface area contributed by atoms with E-state index in [0.717, 1.165) is 19.4 Å². The number of esters is 2. The number of nitrogens with one attached hydrogen (secondary N) is 1. The molecule has 0 saturated carbocycles. The van der Waals surface area contributed by atoms with E-state index < -0.39 is 11.9 Å². The molecule has 1 aliphatic heterocycles. The molecule has 0 bridgehead atoms. The van der Waals surface area contributed by atoms with Gasteiger partial charge >= 0.3 is 11.9 Å². The molecule has 94 valence electrons. The molecular weight excluding hydrogens is 252 g/mol. The molecule has 1 aromatic heterocycles. The van der Waals surface area contributed by atoms with Crippen LogP contribution in [0.3, 0.4) is 0 Å². The van der Waals surface area contributed by atoms with Crippen molar-refractivity contribution in [1.82, 2.24) is 10.3 Å². The van der Waals surface area contributed by atoms with Gasteiger partial charge in [0.05, 0.1) is 5.92 Å². The van der Waals surface area contributed by atoms with E-state index in [4.69, 9.17) is 11.2 Å². The molecule has 1 N–H and O–H groups in total. The zero-order valence-corrected chi connectivity index (χ0v) is 10.5. The molecule has 6 heteroatoms. The van der Waals surface area contributed by atoms with Crippen molar-refractivity contribution in [1.29, 1.82) is 0 Å². The molecule has 2 heterocycles. The van der Waals surface area contributed by atoms with E-state index in [1.807, 2.05) is 0 Å². The van der Waals surface area contributed by atoms with Crippen LogP contribution in [0.25, 0.3) is 0 Å². The largest absolute Gasteiger partial charge is 0.388 e. The van der Waals surface area contributed by atoms with Crippen molar-refractivity contribution in [2.75, 3.05) is 13.1 Å². The number of hydrogen-bond donors (Lipinski definition) is 1. The highest BCUT2D eigenvalue weighted by atomic mass is 32.1. The predicted molar refractivity (Wildman–Crippen MR) is 66.1 cm³/mol. The molecule has 0 radical (unpaired) electrons. The van der Waals surface area contributed by atoms with Crippen LogP contribution in [0.15, 0.2) is 5.38 Å². The first-order chi connectivity index (χ1) is 8.70. The van der Waals surface area contributed by atoms with Crippen molar-refractivity contribution >= 4 is 23.3 Å². The smallest absolute Gasteiger partial charge is 0.365 e. The summed E-state index contributed by atoms with van der Waals surface area (Å²) in [4.78, 5) is 27.2. The number of hydrogen-bond acceptors (Lipinski definition) is 6. The molecule has 0 amide bonds. The normalized spacial score (nSPS) is 18.9. The zero-order valence-electron chi connectivity index (χ0n) is 9.64. The molecule has 0 aliphatic carbocycles. The van der Waals surface area contributed by atoms with Crippen LogP contribution in [0.2, 0.25) is 0 Å². The summed E-state index contributed by atoms with van der Waals surface area (Å²) < 4.78 is 4.79. The molecule has 1 aliphatic rings. The molecule has 2 rings (SSSR count). The second kappa shape index (κ2) is 5.76. The van der Waals surface area contributed by atoms with Gasteiger partial charge in [0.15, 0.2) is 10.7 Å². The predicted octanol–water partition coefficient (Wildman–Crippen LogP) is 0.807. The van der Waals surface area contributed by atoms with Gasteiger partial charge in [0, 0.05) is 11.9 Å². The fourth-order valence-electron chi connectivity index (χ4n) is 1.71. The van der Waals surface area contributed by atoms with Crippen molar-refractivity contribution in [2.45, 2.75) is 12.8 Å². The average molecular weight is 264 g/mol. The highest BCUT2D eigenvalue weighted by Gasteiger charge is 2.25. The number of rotatable bonds is 2. The van der Waals surface area contributed by atoms with Crippen molar-refractivity contribution in [3.8, 4) is 12.3 Å². The van der Waals surface area contributed by atoms with Gasteiger partial charge in [0.2, 0.25) is 0 Å². The fraction of sp³-hybridized carbons (Fsp3) is 0.417. The van der Waals surface area contributed by atoms with Crippen LogP contribution in [0.1, 0.15) is 28.3 Å². The van der Waals surface area contributed by atoms with Gasteiger partial charge in [0.25, 0.3) is 0 Å². The third-order valence-corrected chi connectivity index (χ3v) is 3.43. The highest BCUT2D eigenvalue weighted by Crippen LogP contribution is 2.14. The minimum atomic E-state index is -0.733. The van der Waals surface area contributed by atoms with Crippen LogP contribution in [0.5, 0.6) is 0 Å². The summed E-state index contributed by atoms with van der Waals surface area (Å²) in [5, 5.41) is 4.98. The maximum atomic E-state index is 11.7. The minimum Gasteiger partial charge on any atom is -0.388 e. The van der Waals surface area contributed by atoms with Gasteiger partial charge in [0.1, 0.15) is 0 Å². The standard InChI is InChI=1S/C12H12N2O3S/c1-2-10-14-9(7-18-10)12(16)17-11(15)8-4-3-5-13-6-8/h1,7-8,13H,3-6H2. The Kier molecular flexibility index (Phi) is 4.07. The van der Waals surface area contributed by atoms with Gasteiger partial charge in [-0.2, -0.15) is 0 Å². The van der Waals surface area contributed by atoms with Gasteiger partial charge in [-0.1, -0.05) is 0 Å². The minimum absolute atomic E-state index is 0.0880. The van der Waals surface area contributed by atoms with Crippen LogP contribution in [0.4, 0.5) is 0 Å². The summed E-state index contributed by atoms with van der Waals surface area (Å²) in [5.41, 5.74) is 0.0880.